The maximum atomic E-state index is 13.1. The van der Waals surface area contributed by atoms with E-state index in [1.807, 2.05) is 6.92 Å². The number of hydrogen-bond donors (Lipinski definition) is 3. The van der Waals surface area contributed by atoms with Crippen LogP contribution in [-0.4, -0.2) is 88.4 Å². The lowest BCUT2D eigenvalue weighted by Gasteiger charge is -2.37. The van der Waals surface area contributed by atoms with Crippen molar-refractivity contribution in [3.8, 4) is 5.75 Å². The average molecular weight is 596 g/mol. The lowest BCUT2D eigenvalue weighted by molar-refractivity contribution is -0.280. The van der Waals surface area contributed by atoms with Gasteiger partial charge in [0, 0.05) is 11.8 Å². The summed E-state index contributed by atoms with van der Waals surface area (Å²) in [5.74, 6) is -0.286. The van der Waals surface area contributed by atoms with E-state index in [1.54, 1.807) is 32.9 Å². The van der Waals surface area contributed by atoms with Gasteiger partial charge in [0.1, 0.15) is 53.2 Å². The van der Waals surface area contributed by atoms with E-state index < -0.39 is 60.8 Å². The molecule has 1 aromatic heterocycles. The van der Waals surface area contributed by atoms with Gasteiger partial charge in [0.15, 0.2) is 11.9 Å². The molecule has 41 heavy (non-hydrogen) atoms. The molecule has 5 unspecified atom stereocenters. The van der Waals surface area contributed by atoms with Gasteiger partial charge in [-0.2, -0.15) is 0 Å². The molecule has 3 aliphatic heterocycles. The first-order valence-electron chi connectivity index (χ1n) is 13.5. The molecule has 1 aromatic rings. The molecule has 2 fully saturated rings. The molecule has 3 N–H and O–H groups in total. The number of nitrogens with one attached hydrogen (secondary N) is 1. The summed E-state index contributed by atoms with van der Waals surface area (Å²) >= 11 is 1.35. The second-order valence-electron chi connectivity index (χ2n) is 10.3. The molecule has 0 aliphatic carbocycles. The van der Waals surface area contributed by atoms with E-state index in [9.17, 15) is 19.8 Å². The zero-order valence-corrected chi connectivity index (χ0v) is 24.3. The highest BCUT2D eigenvalue weighted by atomic mass is 32.2. The van der Waals surface area contributed by atoms with Crippen LogP contribution in [-0.2, 0) is 23.8 Å². The van der Waals surface area contributed by atoms with Gasteiger partial charge in [-0.3, -0.25) is 9.79 Å². The quantitative estimate of drug-likeness (QED) is 0.182. The highest BCUT2D eigenvalue weighted by Crippen LogP contribution is 2.38. The second kappa shape index (κ2) is 13.5. The molecule has 14 heteroatoms. The molecular weight excluding hydrogens is 558 g/mol. The molecule has 226 valence electrons. The summed E-state index contributed by atoms with van der Waals surface area (Å²) < 4.78 is 28.2. The Kier molecular flexibility index (Phi) is 10.3. The minimum atomic E-state index is -1.10. The van der Waals surface area contributed by atoms with Crippen LogP contribution in [0.1, 0.15) is 52.3 Å². The van der Waals surface area contributed by atoms with E-state index in [1.165, 1.54) is 17.8 Å². The highest BCUT2D eigenvalue weighted by Gasteiger charge is 2.56. The van der Waals surface area contributed by atoms with Crippen LogP contribution in [0.5, 0.6) is 5.75 Å². The fourth-order valence-corrected chi connectivity index (χ4v) is 5.66. The molecule has 0 bridgehead atoms. The molecule has 4 rings (SSSR count). The third-order valence-electron chi connectivity index (χ3n) is 6.56. The van der Waals surface area contributed by atoms with Crippen molar-refractivity contribution in [1.82, 2.24) is 5.32 Å². The Labute approximate surface area is 241 Å². The first-order valence-corrected chi connectivity index (χ1v) is 14.4. The fourth-order valence-electron chi connectivity index (χ4n) is 4.67. The molecule has 0 spiro atoms. The van der Waals surface area contributed by atoms with Crippen LogP contribution in [0.3, 0.4) is 0 Å². The number of nitrogens with zero attached hydrogens (tertiary/aromatic N) is 2. The van der Waals surface area contributed by atoms with E-state index in [-0.39, 0.29) is 12.5 Å². The average Bonchev–Trinajstić information content (AvgIpc) is 3.56. The Morgan fingerprint density at radius 2 is 2.12 bits per heavy atom. The Balaban J connectivity index is 1.42. The summed E-state index contributed by atoms with van der Waals surface area (Å²) in [6, 6.07) is 1.60. The Morgan fingerprint density at radius 3 is 2.83 bits per heavy atom. The standard InChI is InChI=1S/C27H37N3O10S/c1-6-8-16(18-10-15(35-9-7-2)11-20(32)36-18)28-24(34)17-13-41-25(29-17)14(3)30-40-26-23-22(38-27(4,5)39-23)21(33)19(12-31)37-26/h7,10-11,16-17,19,21-23,26,31,33H,2,6,8-9,12-13H2,1,3-5H3,(H,28,34)/b30-14+/t16?,17?,19?,21-,22?,23?,26-/m1/s1. The Hall–Kier alpha value is -2.75. The van der Waals surface area contributed by atoms with Crippen molar-refractivity contribution in [2.45, 2.75) is 89.1 Å². The number of amides is 1. The van der Waals surface area contributed by atoms with Gasteiger partial charge in [-0.05, 0) is 27.2 Å². The van der Waals surface area contributed by atoms with Gasteiger partial charge in [-0.25, -0.2) is 4.79 Å². The van der Waals surface area contributed by atoms with E-state index in [4.69, 9.17) is 28.2 Å². The molecule has 0 saturated carbocycles. The van der Waals surface area contributed by atoms with E-state index in [2.05, 4.69) is 22.0 Å². The normalized spacial score (nSPS) is 29.8. The maximum Gasteiger partial charge on any atom is 0.339 e. The number of carbonyl (C=O) groups is 1. The number of aliphatic hydroxyl groups is 2. The molecular formula is C27H37N3O10S. The Morgan fingerprint density at radius 1 is 1.37 bits per heavy atom. The smallest absolute Gasteiger partial charge is 0.339 e. The molecule has 0 radical (unpaired) electrons. The SMILES string of the molecule is C=CCOc1cc(C(CCC)NC(=O)C2CSC(/C(C)=N/O[C@H]3OC(CO)[C@@H](O)C4OC(C)(C)OC43)=N2)oc(=O)c1. The largest absolute Gasteiger partial charge is 0.489 e. The van der Waals surface area contributed by atoms with Gasteiger partial charge in [-0.15, -0.1) is 11.8 Å². The van der Waals surface area contributed by atoms with Crippen molar-refractivity contribution in [3.05, 3.63) is 41.0 Å². The predicted molar refractivity (Wildman–Crippen MR) is 150 cm³/mol. The topological polar surface area (TPSA) is 171 Å². The number of rotatable bonds is 12. The number of ether oxygens (including phenoxy) is 4. The van der Waals surface area contributed by atoms with Crippen LogP contribution in [0.15, 0.2) is 44.1 Å². The van der Waals surface area contributed by atoms with Crippen molar-refractivity contribution < 1.29 is 43.2 Å². The van der Waals surface area contributed by atoms with Gasteiger partial charge >= 0.3 is 5.63 Å². The number of aliphatic imine (C=N–C) groups is 1. The molecule has 3 aliphatic rings. The summed E-state index contributed by atoms with van der Waals surface area (Å²) in [6.07, 6.45) is -1.78. The lowest BCUT2D eigenvalue weighted by Crippen LogP contribution is -2.57. The monoisotopic (exact) mass is 595 g/mol. The number of carbonyl (C=O) groups excluding carboxylic acids is 1. The molecule has 13 nitrogen and oxygen atoms in total. The molecule has 2 saturated heterocycles. The summed E-state index contributed by atoms with van der Waals surface area (Å²) in [7, 11) is 0. The highest BCUT2D eigenvalue weighted by molar-refractivity contribution is 8.16. The fraction of sp³-hybridized carbons (Fsp3) is 0.630. The van der Waals surface area contributed by atoms with E-state index in [0.717, 1.165) is 6.42 Å². The van der Waals surface area contributed by atoms with Gasteiger partial charge < -0.3 is 43.7 Å². The third-order valence-corrected chi connectivity index (χ3v) is 7.72. The summed E-state index contributed by atoms with van der Waals surface area (Å²) in [5.41, 5.74) is -0.162. The van der Waals surface area contributed by atoms with Crippen LogP contribution in [0.25, 0.3) is 0 Å². The number of fused-ring (bicyclic) bond motifs is 1. The molecule has 1 amide bonds. The summed E-state index contributed by atoms with van der Waals surface area (Å²) in [4.78, 5) is 35.4. The predicted octanol–water partition coefficient (Wildman–Crippen LogP) is 1.67. The van der Waals surface area contributed by atoms with Crippen LogP contribution in [0.4, 0.5) is 0 Å². The van der Waals surface area contributed by atoms with Crippen molar-refractivity contribution in [1.29, 1.82) is 0 Å². The molecule has 7 atom stereocenters. The zero-order valence-electron chi connectivity index (χ0n) is 23.5. The Bertz CT molecular complexity index is 1220. The number of thioether (sulfide) groups is 1. The summed E-state index contributed by atoms with van der Waals surface area (Å²) in [5, 5.41) is 27.7. The van der Waals surface area contributed by atoms with Crippen LogP contribution < -0.4 is 15.7 Å². The first kappa shape index (κ1) is 31.2. The van der Waals surface area contributed by atoms with Crippen molar-refractivity contribution >= 4 is 28.4 Å². The number of oxime groups is 1. The molecule has 4 heterocycles. The minimum Gasteiger partial charge on any atom is -0.489 e. The van der Waals surface area contributed by atoms with Gasteiger partial charge in [0.25, 0.3) is 6.29 Å². The maximum absolute atomic E-state index is 13.1. The number of hydrogen-bond acceptors (Lipinski definition) is 13. The van der Waals surface area contributed by atoms with Crippen molar-refractivity contribution in [3.63, 3.8) is 0 Å². The van der Waals surface area contributed by atoms with E-state index >= 15 is 0 Å². The number of aliphatic hydroxyl groups excluding tert-OH is 2. The van der Waals surface area contributed by atoms with E-state index in [0.29, 0.717) is 34.4 Å². The molecule has 0 aromatic carbocycles. The van der Waals surface area contributed by atoms with Crippen LogP contribution >= 0.6 is 11.8 Å². The first-order chi connectivity index (χ1) is 19.5. The second-order valence-corrected chi connectivity index (χ2v) is 11.3. The van der Waals surface area contributed by atoms with Gasteiger partial charge in [0.2, 0.25) is 5.91 Å². The van der Waals surface area contributed by atoms with Crippen LogP contribution in [0, 0.1) is 0 Å². The lowest BCUT2D eigenvalue weighted by atomic mass is 9.99. The van der Waals surface area contributed by atoms with Gasteiger partial charge in [0.05, 0.1) is 18.7 Å². The zero-order chi connectivity index (χ0) is 29.7. The minimum absolute atomic E-state index is 0.228. The third kappa shape index (κ3) is 7.56. The van der Waals surface area contributed by atoms with Gasteiger partial charge in [-0.1, -0.05) is 31.2 Å². The summed E-state index contributed by atoms with van der Waals surface area (Å²) in [6.45, 7) is 10.4. The van der Waals surface area contributed by atoms with Crippen molar-refractivity contribution in [2.75, 3.05) is 19.0 Å². The van der Waals surface area contributed by atoms with Crippen LogP contribution in [0.2, 0.25) is 0 Å². The van der Waals surface area contributed by atoms with Crippen molar-refractivity contribution in [2.24, 2.45) is 10.1 Å².